The Morgan fingerprint density at radius 3 is 2.43 bits per heavy atom. The molecule has 3 saturated carbocycles. The summed E-state index contributed by atoms with van der Waals surface area (Å²) in [6.07, 6.45) is 5.26. The van der Waals surface area contributed by atoms with Gasteiger partial charge in [-0.2, -0.15) is 0 Å². The number of aliphatic hydroxyl groups excluding tert-OH is 1. The molecule has 3 aliphatic carbocycles. The van der Waals surface area contributed by atoms with Gasteiger partial charge in [-0.25, -0.2) is 0 Å². The molecule has 4 rings (SSSR count). The molecule has 3 heteroatoms. The third-order valence-corrected chi connectivity index (χ3v) is 7.96. The highest BCUT2D eigenvalue weighted by Crippen LogP contribution is 2.75. The van der Waals surface area contributed by atoms with Crippen molar-refractivity contribution in [2.45, 2.75) is 77.8 Å². The highest BCUT2D eigenvalue weighted by molar-refractivity contribution is 5.21. The molecule has 120 valence electrons. The van der Waals surface area contributed by atoms with E-state index in [-0.39, 0.29) is 18.3 Å². The fraction of sp³-hybridized carbons (Fsp3) is 1.00. The Bertz CT molecular complexity index is 475. The predicted molar refractivity (Wildman–Crippen MR) is 80.7 cm³/mol. The summed E-state index contributed by atoms with van der Waals surface area (Å²) in [5, 5.41) is 9.67. The summed E-state index contributed by atoms with van der Waals surface area (Å²) >= 11 is 0. The molecule has 0 aromatic rings. The van der Waals surface area contributed by atoms with Crippen LogP contribution >= 0.6 is 0 Å². The van der Waals surface area contributed by atoms with Crippen LogP contribution in [0.25, 0.3) is 0 Å². The molecule has 21 heavy (non-hydrogen) atoms. The van der Waals surface area contributed by atoms with Gasteiger partial charge in [0, 0.05) is 0 Å². The normalized spacial score (nSPS) is 60.9. The van der Waals surface area contributed by atoms with Gasteiger partial charge in [0.15, 0.2) is 5.79 Å². The van der Waals surface area contributed by atoms with E-state index in [9.17, 15) is 5.11 Å². The molecular formula is C18H30O3. The van der Waals surface area contributed by atoms with Gasteiger partial charge in [0.25, 0.3) is 0 Å². The maximum absolute atomic E-state index is 9.67. The van der Waals surface area contributed by atoms with Gasteiger partial charge in [-0.15, -0.1) is 0 Å². The van der Waals surface area contributed by atoms with Gasteiger partial charge in [-0.05, 0) is 68.1 Å². The van der Waals surface area contributed by atoms with Crippen molar-refractivity contribution >= 4 is 0 Å². The van der Waals surface area contributed by atoms with E-state index < -0.39 is 5.79 Å². The van der Waals surface area contributed by atoms with Crippen molar-refractivity contribution in [3.63, 3.8) is 0 Å². The zero-order valence-corrected chi connectivity index (χ0v) is 14.1. The molecule has 1 saturated heterocycles. The summed E-state index contributed by atoms with van der Waals surface area (Å²) in [6, 6.07) is 0. The van der Waals surface area contributed by atoms with Crippen molar-refractivity contribution < 1.29 is 14.6 Å². The molecule has 2 unspecified atom stereocenters. The average Bonchev–Trinajstić information content (AvgIpc) is 2.92. The van der Waals surface area contributed by atoms with Crippen molar-refractivity contribution in [2.24, 2.45) is 28.6 Å². The van der Waals surface area contributed by atoms with E-state index in [1.54, 1.807) is 0 Å². The minimum atomic E-state index is -0.812. The van der Waals surface area contributed by atoms with E-state index in [0.29, 0.717) is 16.7 Å². The molecule has 4 aliphatic rings. The van der Waals surface area contributed by atoms with Crippen LogP contribution in [0, 0.1) is 28.6 Å². The lowest BCUT2D eigenvalue weighted by molar-refractivity contribution is -0.208. The first-order valence-corrected chi connectivity index (χ1v) is 8.67. The van der Waals surface area contributed by atoms with Crippen LogP contribution in [-0.2, 0) is 9.47 Å². The van der Waals surface area contributed by atoms with Crippen LogP contribution < -0.4 is 0 Å². The zero-order chi connectivity index (χ0) is 15.3. The molecule has 0 radical (unpaired) electrons. The fourth-order valence-corrected chi connectivity index (χ4v) is 6.97. The Morgan fingerprint density at radius 1 is 1.05 bits per heavy atom. The van der Waals surface area contributed by atoms with Crippen LogP contribution in [0.4, 0.5) is 0 Å². The molecule has 3 nitrogen and oxygen atoms in total. The molecular weight excluding hydrogens is 264 g/mol. The maximum atomic E-state index is 9.67. The molecule has 4 fully saturated rings. The molecule has 7 atom stereocenters. The molecule has 2 bridgehead atoms. The maximum Gasteiger partial charge on any atom is 0.189 e. The largest absolute Gasteiger partial charge is 0.391 e. The molecule has 0 aromatic heterocycles. The first kappa shape index (κ1) is 14.5. The number of aliphatic hydroxyl groups is 1. The van der Waals surface area contributed by atoms with E-state index in [1.807, 2.05) is 6.92 Å². The van der Waals surface area contributed by atoms with E-state index in [4.69, 9.17) is 9.47 Å². The summed E-state index contributed by atoms with van der Waals surface area (Å²) in [7, 11) is 0. The van der Waals surface area contributed by atoms with E-state index >= 15 is 0 Å². The highest BCUT2D eigenvalue weighted by Gasteiger charge is 2.74. The smallest absolute Gasteiger partial charge is 0.189 e. The minimum Gasteiger partial charge on any atom is -0.391 e. The minimum absolute atomic E-state index is 0.0573. The van der Waals surface area contributed by atoms with Crippen molar-refractivity contribution in [1.82, 2.24) is 0 Å². The van der Waals surface area contributed by atoms with Gasteiger partial charge < -0.3 is 14.6 Å². The van der Waals surface area contributed by atoms with Gasteiger partial charge in [-0.3, -0.25) is 0 Å². The van der Waals surface area contributed by atoms with Gasteiger partial charge in [0.05, 0.1) is 18.3 Å². The van der Waals surface area contributed by atoms with Crippen LogP contribution in [0.2, 0.25) is 0 Å². The molecule has 1 heterocycles. The first-order chi connectivity index (χ1) is 9.68. The summed E-state index contributed by atoms with van der Waals surface area (Å²) in [4.78, 5) is 0. The molecule has 0 aromatic carbocycles. The lowest BCUT2D eigenvalue weighted by Gasteiger charge is -2.47. The fourth-order valence-electron chi connectivity index (χ4n) is 6.97. The zero-order valence-electron chi connectivity index (χ0n) is 14.1. The molecule has 1 N–H and O–H groups in total. The Morgan fingerprint density at radius 2 is 1.76 bits per heavy atom. The monoisotopic (exact) mass is 294 g/mol. The lowest BCUT2D eigenvalue weighted by Crippen LogP contribution is -2.52. The first-order valence-electron chi connectivity index (χ1n) is 8.67. The molecule has 0 amide bonds. The second-order valence-corrected chi connectivity index (χ2v) is 9.23. The SMILES string of the molecule is C[C@@H]1CCC2C(C)(C)[C@H]3C[C@]21C[C@@H]1OC(C)(CO)O[C@@]13C. The average molecular weight is 294 g/mol. The van der Waals surface area contributed by atoms with Crippen molar-refractivity contribution in [3.05, 3.63) is 0 Å². The second kappa shape index (κ2) is 3.85. The third-order valence-electron chi connectivity index (χ3n) is 7.96. The number of fused-ring (bicyclic) bond motifs is 3. The highest BCUT2D eigenvalue weighted by atomic mass is 16.8. The molecule has 1 aliphatic heterocycles. The second-order valence-electron chi connectivity index (χ2n) is 9.23. The van der Waals surface area contributed by atoms with E-state index in [1.165, 1.54) is 19.3 Å². The third kappa shape index (κ3) is 1.51. The quantitative estimate of drug-likeness (QED) is 0.806. The number of rotatable bonds is 1. The van der Waals surface area contributed by atoms with Crippen molar-refractivity contribution in [2.75, 3.05) is 6.61 Å². The van der Waals surface area contributed by atoms with Gasteiger partial charge in [0.1, 0.15) is 0 Å². The van der Waals surface area contributed by atoms with Crippen molar-refractivity contribution in [1.29, 1.82) is 0 Å². The topological polar surface area (TPSA) is 38.7 Å². The van der Waals surface area contributed by atoms with E-state index in [0.717, 1.165) is 18.3 Å². The number of ether oxygens (including phenoxy) is 2. The van der Waals surface area contributed by atoms with Crippen LogP contribution in [0.15, 0.2) is 0 Å². The lowest BCUT2D eigenvalue weighted by atomic mass is 9.63. The number of hydrogen-bond donors (Lipinski definition) is 1. The van der Waals surface area contributed by atoms with Crippen LogP contribution in [-0.4, -0.2) is 29.2 Å². The molecule has 1 spiro atoms. The Labute approximate surface area is 128 Å². The summed E-state index contributed by atoms with van der Waals surface area (Å²) in [6.45, 7) is 11.4. The Balaban J connectivity index is 1.79. The Kier molecular flexibility index (Phi) is 2.66. The summed E-state index contributed by atoms with van der Waals surface area (Å²) in [5.74, 6) is 1.32. The van der Waals surface area contributed by atoms with Gasteiger partial charge in [0.2, 0.25) is 0 Å². The predicted octanol–water partition coefficient (Wildman–Crippen LogP) is 3.35. The van der Waals surface area contributed by atoms with Crippen molar-refractivity contribution in [3.8, 4) is 0 Å². The van der Waals surface area contributed by atoms with Crippen LogP contribution in [0.1, 0.15) is 60.3 Å². The number of hydrogen-bond acceptors (Lipinski definition) is 3. The van der Waals surface area contributed by atoms with Crippen LogP contribution in [0.5, 0.6) is 0 Å². The Hall–Kier alpha value is -0.120. The summed E-state index contributed by atoms with van der Waals surface area (Å²) in [5.41, 5.74) is 0.511. The van der Waals surface area contributed by atoms with E-state index in [2.05, 4.69) is 27.7 Å². The van der Waals surface area contributed by atoms with Gasteiger partial charge in [-0.1, -0.05) is 20.8 Å². The van der Waals surface area contributed by atoms with Crippen LogP contribution in [0.3, 0.4) is 0 Å². The summed E-state index contributed by atoms with van der Waals surface area (Å²) < 4.78 is 12.6. The van der Waals surface area contributed by atoms with Gasteiger partial charge >= 0.3 is 0 Å². The standard InChI is InChI=1S/C18H30O3/c1-11-6-7-12-15(2,3)13-8-18(11,12)9-14-17(13,5)21-16(4,10-19)20-14/h11-14,19H,6-10H2,1-5H3/t11-,12?,13-,14+,16?,17-,18-/m1/s1.